The first-order valence-electron chi connectivity index (χ1n) is 10.5. The second-order valence-electron chi connectivity index (χ2n) is 8.09. The quantitative estimate of drug-likeness (QED) is 0.654. The molecule has 7 heteroatoms. The van der Waals surface area contributed by atoms with Gasteiger partial charge in [-0.25, -0.2) is 14.2 Å². The Morgan fingerprint density at radius 3 is 2.70 bits per heavy atom. The molecule has 2 aromatic carbocycles. The van der Waals surface area contributed by atoms with Crippen molar-refractivity contribution in [2.24, 2.45) is 0 Å². The van der Waals surface area contributed by atoms with Crippen LogP contribution in [0.5, 0.6) is 5.75 Å². The average molecular weight is 408 g/mol. The molecular formula is C23H25FN4O2. The van der Waals surface area contributed by atoms with Crippen molar-refractivity contribution in [2.45, 2.75) is 32.5 Å². The fourth-order valence-electron chi connectivity index (χ4n) is 4.29. The van der Waals surface area contributed by atoms with E-state index in [1.165, 1.54) is 0 Å². The molecule has 2 aliphatic rings. The number of alkyl halides is 1. The van der Waals surface area contributed by atoms with Crippen LogP contribution in [0.2, 0.25) is 0 Å². The minimum atomic E-state index is -0.791. The summed E-state index contributed by atoms with van der Waals surface area (Å²) in [5, 5.41) is 0. The van der Waals surface area contributed by atoms with Crippen LogP contribution < -0.4 is 4.74 Å². The van der Waals surface area contributed by atoms with E-state index in [-0.39, 0.29) is 6.03 Å². The van der Waals surface area contributed by atoms with Crippen molar-refractivity contribution in [2.75, 3.05) is 26.2 Å². The number of H-pyrrole nitrogens is 1. The molecule has 6 nitrogen and oxygen atoms in total. The van der Waals surface area contributed by atoms with Crippen LogP contribution in [-0.4, -0.2) is 58.2 Å². The highest BCUT2D eigenvalue weighted by molar-refractivity contribution is 5.82. The minimum Gasteiger partial charge on any atom is -0.491 e. The van der Waals surface area contributed by atoms with Gasteiger partial charge >= 0.3 is 6.03 Å². The van der Waals surface area contributed by atoms with E-state index in [2.05, 4.69) is 28.2 Å². The van der Waals surface area contributed by atoms with Crippen LogP contribution in [0.25, 0.3) is 22.2 Å². The van der Waals surface area contributed by atoms with Gasteiger partial charge in [0.25, 0.3) is 0 Å². The number of fused-ring (bicyclic) bond motifs is 2. The molecule has 0 radical (unpaired) electrons. The number of aryl methyl sites for hydroxylation is 1. The van der Waals surface area contributed by atoms with Crippen molar-refractivity contribution >= 4 is 17.1 Å². The van der Waals surface area contributed by atoms with E-state index in [9.17, 15) is 9.18 Å². The number of imidazole rings is 1. The third kappa shape index (κ3) is 3.60. The van der Waals surface area contributed by atoms with Gasteiger partial charge in [-0.2, -0.15) is 0 Å². The first-order chi connectivity index (χ1) is 14.6. The smallest absolute Gasteiger partial charge is 0.320 e. The van der Waals surface area contributed by atoms with E-state index in [0.717, 1.165) is 39.3 Å². The van der Waals surface area contributed by atoms with Crippen LogP contribution in [0.1, 0.15) is 24.2 Å². The molecule has 30 heavy (non-hydrogen) atoms. The number of hydrogen-bond acceptors (Lipinski definition) is 3. The zero-order valence-corrected chi connectivity index (χ0v) is 17.0. The van der Waals surface area contributed by atoms with Crippen molar-refractivity contribution < 1.29 is 13.9 Å². The number of ether oxygens (including phenoxy) is 1. The summed E-state index contributed by atoms with van der Waals surface area (Å²) in [5.41, 5.74) is 5.09. The Labute approximate surface area is 174 Å². The van der Waals surface area contributed by atoms with Gasteiger partial charge in [-0.3, -0.25) is 0 Å². The average Bonchev–Trinajstić information content (AvgIpc) is 2.99. The molecule has 3 heterocycles. The van der Waals surface area contributed by atoms with Crippen LogP contribution in [0.4, 0.5) is 9.18 Å². The number of hydrogen-bond donors (Lipinski definition) is 1. The van der Waals surface area contributed by atoms with E-state index in [4.69, 9.17) is 4.74 Å². The molecular weight excluding hydrogens is 383 g/mol. The molecule has 0 unspecified atom stereocenters. The van der Waals surface area contributed by atoms with Gasteiger partial charge < -0.3 is 19.5 Å². The van der Waals surface area contributed by atoms with Gasteiger partial charge in [0, 0.05) is 18.7 Å². The molecule has 0 spiro atoms. The first kappa shape index (κ1) is 18.9. The first-order valence-corrected chi connectivity index (χ1v) is 10.5. The van der Waals surface area contributed by atoms with Gasteiger partial charge in [-0.05, 0) is 55.2 Å². The molecule has 0 aliphatic carbocycles. The second-order valence-corrected chi connectivity index (χ2v) is 8.09. The summed E-state index contributed by atoms with van der Waals surface area (Å²) in [6.07, 6.45) is 0.0550. The molecule has 5 rings (SSSR count). The van der Waals surface area contributed by atoms with Crippen LogP contribution in [0, 0.1) is 6.92 Å². The molecule has 1 fully saturated rings. The molecule has 0 atom stereocenters. The molecule has 1 saturated heterocycles. The molecule has 0 saturated carbocycles. The molecule has 3 aromatic rings. The SMILES string of the molecule is Cc1nc2ccc(-c3ccc4c(c3)CN(C(=O)N3CCC(F)CC3)CCO4)cc2[nH]1. The van der Waals surface area contributed by atoms with Crippen LogP contribution >= 0.6 is 0 Å². The number of nitrogens with zero attached hydrogens (tertiary/aromatic N) is 3. The van der Waals surface area contributed by atoms with Crippen molar-refractivity contribution in [3.63, 3.8) is 0 Å². The van der Waals surface area contributed by atoms with Gasteiger partial charge in [-0.1, -0.05) is 12.1 Å². The standard InChI is InChI=1S/C23H25FN4O2/c1-15-25-20-4-2-17(13-21(20)26-15)16-3-5-22-18(12-16)14-28(10-11-30-22)23(29)27-8-6-19(24)7-9-27/h2-5,12-13,19H,6-11,14H2,1H3,(H,25,26). The number of urea groups is 1. The molecule has 2 amide bonds. The highest BCUT2D eigenvalue weighted by Gasteiger charge is 2.28. The topological polar surface area (TPSA) is 61.5 Å². The Morgan fingerprint density at radius 2 is 1.87 bits per heavy atom. The second kappa shape index (κ2) is 7.63. The minimum absolute atomic E-state index is 0.0295. The number of carbonyl (C=O) groups is 1. The largest absolute Gasteiger partial charge is 0.491 e. The summed E-state index contributed by atoms with van der Waals surface area (Å²) < 4.78 is 19.4. The molecule has 1 N–H and O–H groups in total. The number of benzene rings is 2. The number of amides is 2. The van der Waals surface area contributed by atoms with E-state index >= 15 is 0 Å². The van der Waals surface area contributed by atoms with Crippen LogP contribution in [-0.2, 0) is 6.54 Å². The monoisotopic (exact) mass is 408 g/mol. The summed E-state index contributed by atoms with van der Waals surface area (Å²) in [4.78, 5) is 24.3. The maximum atomic E-state index is 13.5. The predicted octanol–water partition coefficient (Wildman–Crippen LogP) is 4.29. The van der Waals surface area contributed by atoms with Gasteiger partial charge in [0.05, 0.1) is 24.1 Å². The normalized spacial score (nSPS) is 17.5. The van der Waals surface area contributed by atoms with Crippen molar-refractivity contribution in [1.29, 1.82) is 0 Å². The molecule has 0 bridgehead atoms. The Kier molecular flexibility index (Phi) is 4.81. The van der Waals surface area contributed by atoms with Crippen molar-refractivity contribution in [3.8, 4) is 16.9 Å². The summed E-state index contributed by atoms with van der Waals surface area (Å²) in [6.45, 7) is 4.38. The summed E-state index contributed by atoms with van der Waals surface area (Å²) in [5.74, 6) is 1.71. The summed E-state index contributed by atoms with van der Waals surface area (Å²) in [6, 6.07) is 12.3. The Bertz CT molecular complexity index is 1090. The zero-order chi connectivity index (χ0) is 20.7. The zero-order valence-electron chi connectivity index (χ0n) is 17.0. The number of aromatic nitrogens is 2. The Balaban J connectivity index is 1.40. The molecule has 2 aliphatic heterocycles. The van der Waals surface area contributed by atoms with Gasteiger partial charge in [-0.15, -0.1) is 0 Å². The van der Waals surface area contributed by atoms with E-state index in [0.29, 0.717) is 45.6 Å². The Morgan fingerprint density at radius 1 is 1.10 bits per heavy atom. The van der Waals surface area contributed by atoms with Crippen molar-refractivity contribution in [3.05, 3.63) is 47.8 Å². The molecule has 1 aromatic heterocycles. The summed E-state index contributed by atoms with van der Waals surface area (Å²) in [7, 11) is 0. The lowest BCUT2D eigenvalue weighted by Crippen LogP contribution is -2.47. The Hall–Kier alpha value is -3.09. The van der Waals surface area contributed by atoms with E-state index in [1.807, 2.05) is 30.0 Å². The summed E-state index contributed by atoms with van der Waals surface area (Å²) >= 11 is 0. The fourth-order valence-corrected chi connectivity index (χ4v) is 4.29. The number of rotatable bonds is 1. The highest BCUT2D eigenvalue weighted by Crippen LogP contribution is 2.31. The van der Waals surface area contributed by atoms with Gasteiger partial charge in [0.15, 0.2) is 0 Å². The third-order valence-corrected chi connectivity index (χ3v) is 5.94. The van der Waals surface area contributed by atoms with E-state index in [1.54, 1.807) is 4.90 Å². The van der Waals surface area contributed by atoms with Gasteiger partial charge in [0.2, 0.25) is 0 Å². The number of nitrogens with one attached hydrogen (secondary N) is 1. The van der Waals surface area contributed by atoms with Crippen LogP contribution in [0.3, 0.4) is 0 Å². The lowest BCUT2D eigenvalue weighted by Gasteiger charge is -2.33. The number of carbonyl (C=O) groups excluding carboxylic acids is 1. The lowest BCUT2D eigenvalue weighted by molar-refractivity contribution is 0.117. The molecule has 156 valence electrons. The fraction of sp³-hybridized carbons (Fsp3) is 0.391. The predicted molar refractivity (Wildman–Crippen MR) is 113 cm³/mol. The maximum Gasteiger partial charge on any atom is 0.320 e. The highest BCUT2D eigenvalue weighted by atomic mass is 19.1. The van der Waals surface area contributed by atoms with E-state index < -0.39 is 6.17 Å². The number of piperidine rings is 1. The number of aromatic amines is 1. The number of likely N-dealkylation sites (tertiary alicyclic amines) is 1. The maximum absolute atomic E-state index is 13.5. The lowest BCUT2D eigenvalue weighted by atomic mass is 10.0. The van der Waals surface area contributed by atoms with Gasteiger partial charge in [0.1, 0.15) is 24.4 Å². The van der Waals surface area contributed by atoms with Crippen LogP contribution in [0.15, 0.2) is 36.4 Å². The number of halogens is 1. The third-order valence-electron chi connectivity index (χ3n) is 5.94. The van der Waals surface area contributed by atoms with Crippen molar-refractivity contribution in [1.82, 2.24) is 19.8 Å².